The van der Waals surface area contributed by atoms with Gasteiger partial charge in [-0.05, 0) is 37.2 Å². The molecular formula is C21H21N3O4S. The first kappa shape index (κ1) is 20.5. The smallest absolute Gasteiger partial charge is 0.311 e. The highest BCUT2D eigenvalue weighted by molar-refractivity contribution is 7.80. The summed E-state index contributed by atoms with van der Waals surface area (Å²) in [6.45, 7) is 4.50. The Morgan fingerprint density at radius 2 is 1.97 bits per heavy atom. The van der Waals surface area contributed by atoms with Crippen LogP contribution in [-0.4, -0.2) is 32.4 Å². The molecule has 0 fully saturated rings. The van der Waals surface area contributed by atoms with E-state index in [2.05, 4.69) is 5.32 Å². The van der Waals surface area contributed by atoms with Gasteiger partial charge in [-0.15, -0.1) is 0 Å². The molecule has 1 heterocycles. The number of nitro benzene ring substituents is 1. The number of nitrogens with zero attached hydrogens (tertiary/aromatic N) is 2. The van der Waals surface area contributed by atoms with Crippen LogP contribution in [0.1, 0.15) is 42.2 Å². The average Bonchev–Trinajstić information content (AvgIpc) is 2.71. The Bertz CT molecular complexity index is 1000. The minimum absolute atomic E-state index is 0.181. The van der Waals surface area contributed by atoms with Crippen molar-refractivity contribution in [1.29, 1.82) is 0 Å². The summed E-state index contributed by atoms with van der Waals surface area (Å²) in [5.41, 5.74) is 1.76. The van der Waals surface area contributed by atoms with Gasteiger partial charge in [-0.3, -0.25) is 14.9 Å². The van der Waals surface area contributed by atoms with Crippen LogP contribution in [0.5, 0.6) is 5.75 Å². The fourth-order valence-corrected chi connectivity index (χ4v) is 3.78. The van der Waals surface area contributed by atoms with Crippen LogP contribution in [-0.2, 0) is 0 Å². The second-order valence-electron chi connectivity index (χ2n) is 6.73. The number of hydrogen-bond donors (Lipinski definition) is 2. The molecule has 0 saturated heterocycles. The molecule has 0 aromatic heterocycles. The van der Waals surface area contributed by atoms with E-state index in [9.17, 15) is 20.0 Å². The standard InChI is InChI=1S/C21H21N3O4S/c1-3-11-23-13(2)18(20(26)14-7-5-4-6-8-14)19(22-21(23)29)15-9-10-17(25)16(12-15)24(27)28/h4-10,12,19,25H,3,11H2,1-2H3,(H,22,29). The number of ketones is 1. The molecule has 2 aromatic rings. The van der Waals surface area contributed by atoms with E-state index in [0.29, 0.717) is 34.1 Å². The van der Waals surface area contributed by atoms with E-state index in [-0.39, 0.29) is 5.78 Å². The number of hydrogen-bond acceptors (Lipinski definition) is 5. The van der Waals surface area contributed by atoms with Crippen LogP contribution in [0, 0.1) is 10.1 Å². The maximum Gasteiger partial charge on any atom is 0.311 e. The first-order valence-corrected chi connectivity index (χ1v) is 9.61. The van der Waals surface area contributed by atoms with Crippen molar-refractivity contribution in [3.8, 4) is 5.75 Å². The minimum Gasteiger partial charge on any atom is -0.502 e. The SMILES string of the molecule is CCCN1C(=S)NC(c2ccc(O)c([N+](=O)[O-])c2)C(C(=O)c2ccccc2)=C1C. The zero-order valence-electron chi connectivity index (χ0n) is 16.1. The molecule has 1 aliphatic heterocycles. The second-order valence-corrected chi connectivity index (χ2v) is 7.12. The number of carbonyl (C=O) groups excluding carboxylic acids is 1. The number of rotatable bonds is 6. The molecule has 8 heteroatoms. The van der Waals surface area contributed by atoms with E-state index in [1.807, 2.05) is 24.8 Å². The average molecular weight is 411 g/mol. The predicted molar refractivity (Wildman–Crippen MR) is 114 cm³/mol. The third kappa shape index (κ3) is 3.97. The molecule has 0 radical (unpaired) electrons. The normalized spacial score (nSPS) is 16.6. The highest BCUT2D eigenvalue weighted by Gasteiger charge is 2.34. The molecule has 0 bridgehead atoms. The van der Waals surface area contributed by atoms with Gasteiger partial charge in [0.1, 0.15) is 0 Å². The van der Waals surface area contributed by atoms with Crippen LogP contribution >= 0.6 is 12.2 Å². The Morgan fingerprint density at radius 3 is 2.59 bits per heavy atom. The number of carbonyl (C=O) groups is 1. The number of phenolic OH excluding ortho intramolecular Hbond substituents is 1. The molecule has 7 nitrogen and oxygen atoms in total. The number of nitro groups is 1. The van der Waals surface area contributed by atoms with E-state index in [1.54, 1.807) is 30.3 Å². The molecule has 1 atom stereocenters. The molecule has 1 unspecified atom stereocenters. The molecule has 0 amide bonds. The number of phenols is 1. The molecule has 0 saturated carbocycles. The van der Waals surface area contributed by atoms with E-state index in [4.69, 9.17) is 12.2 Å². The molecule has 29 heavy (non-hydrogen) atoms. The van der Waals surface area contributed by atoms with Crippen molar-refractivity contribution in [1.82, 2.24) is 10.2 Å². The minimum atomic E-state index is -0.664. The molecule has 150 valence electrons. The first-order valence-electron chi connectivity index (χ1n) is 9.21. The summed E-state index contributed by atoms with van der Waals surface area (Å²) in [4.78, 5) is 25.9. The van der Waals surface area contributed by atoms with Gasteiger partial charge in [0.15, 0.2) is 16.6 Å². The fraction of sp³-hybridized carbons (Fsp3) is 0.238. The first-order chi connectivity index (χ1) is 13.8. The largest absolute Gasteiger partial charge is 0.502 e. The van der Waals surface area contributed by atoms with Gasteiger partial charge in [-0.25, -0.2) is 0 Å². The van der Waals surface area contributed by atoms with Gasteiger partial charge in [0, 0.05) is 29.4 Å². The van der Waals surface area contributed by atoms with Crippen molar-refractivity contribution in [2.24, 2.45) is 0 Å². The van der Waals surface area contributed by atoms with Gasteiger partial charge in [0.25, 0.3) is 0 Å². The summed E-state index contributed by atoms with van der Waals surface area (Å²) in [6.07, 6.45) is 0.835. The molecular weight excluding hydrogens is 390 g/mol. The van der Waals surface area contributed by atoms with Crippen LogP contribution in [0.15, 0.2) is 59.8 Å². The Morgan fingerprint density at radius 1 is 1.28 bits per heavy atom. The van der Waals surface area contributed by atoms with Crippen molar-refractivity contribution >= 4 is 28.8 Å². The summed E-state index contributed by atoms with van der Waals surface area (Å²) in [7, 11) is 0. The lowest BCUT2D eigenvalue weighted by atomic mass is 9.89. The summed E-state index contributed by atoms with van der Waals surface area (Å²) in [5, 5.41) is 24.7. The van der Waals surface area contributed by atoms with Crippen molar-refractivity contribution in [3.63, 3.8) is 0 Å². The van der Waals surface area contributed by atoms with Crippen molar-refractivity contribution in [2.45, 2.75) is 26.3 Å². The Hall–Kier alpha value is -3.26. The lowest BCUT2D eigenvalue weighted by Crippen LogP contribution is -2.47. The third-order valence-electron chi connectivity index (χ3n) is 4.85. The van der Waals surface area contributed by atoms with Crippen LogP contribution < -0.4 is 5.32 Å². The zero-order valence-corrected chi connectivity index (χ0v) is 16.9. The Labute approximate surface area is 173 Å². The maximum atomic E-state index is 13.4. The van der Waals surface area contributed by atoms with Crippen molar-refractivity contribution < 1.29 is 14.8 Å². The highest BCUT2D eigenvalue weighted by Crippen LogP contribution is 2.36. The number of nitrogens with one attached hydrogen (secondary N) is 1. The molecule has 1 aliphatic rings. The molecule has 0 spiro atoms. The van der Waals surface area contributed by atoms with Crippen LogP contribution in [0.2, 0.25) is 0 Å². The van der Waals surface area contributed by atoms with E-state index in [1.165, 1.54) is 12.1 Å². The van der Waals surface area contributed by atoms with Gasteiger partial charge in [-0.2, -0.15) is 0 Å². The van der Waals surface area contributed by atoms with Gasteiger partial charge < -0.3 is 15.3 Å². The number of benzene rings is 2. The van der Waals surface area contributed by atoms with Crippen molar-refractivity contribution in [3.05, 3.63) is 81.0 Å². The number of Topliss-reactive ketones (excluding diaryl/α,β-unsaturated/α-hetero) is 1. The summed E-state index contributed by atoms with van der Waals surface area (Å²) >= 11 is 5.50. The Kier molecular flexibility index (Phi) is 5.93. The Balaban J connectivity index is 2.16. The molecule has 2 aromatic carbocycles. The van der Waals surface area contributed by atoms with E-state index < -0.39 is 22.4 Å². The quantitative estimate of drug-likeness (QED) is 0.320. The maximum absolute atomic E-state index is 13.4. The molecule has 3 rings (SSSR count). The van der Waals surface area contributed by atoms with Crippen LogP contribution in [0.3, 0.4) is 0 Å². The zero-order chi connectivity index (χ0) is 21.1. The monoisotopic (exact) mass is 411 g/mol. The lowest BCUT2D eigenvalue weighted by molar-refractivity contribution is -0.385. The molecule has 0 aliphatic carbocycles. The number of aromatic hydroxyl groups is 1. The topological polar surface area (TPSA) is 95.7 Å². The predicted octanol–water partition coefficient (Wildman–Crippen LogP) is 4.10. The summed E-state index contributed by atoms with van der Waals surface area (Å²) < 4.78 is 0. The third-order valence-corrected chi connectivity index (χ3v) is 5.19. The lowest BCUT2D eigenvalue weighted by Gasteiger charge is -2.38. The number of allylic oxidation sites excluding steroid dienone is 1. The van der Waals surface area contributed by atoms with Gasteiger partial charge >= 0.3 is 5.69 Å². The van der Waals surface area contributed by atoms with Crippen LogP contribution in [0.25, 0.3) is 0 Å². The summed E-state index contributed by atoms with van der Waals surface area (Å²) in [6, 6.07) is 12.3. The molecule has 2 N–H and O–H groups in total. The summed E-state index contributed by atoms with van der Waals surface area (Å²) in [5.74, 6) is -0.610. The fourth-order valence-electron chi connectivity index (χ4n) is 3.43. The van der Waals surface area contributed by atoms with E-state index >= 15 is 0 Å². The second kappa shape index (κ2) is 8.40. The van der Waals surface area contributed by atoms with Gasteiger partial charge in [-0.1, -0.05) is 43.3 Å². The van der Waals surface area contributed by atoms with Gasteiger partial charge in [0.05, 0.1) is 11.0 Å². The van der Waals surface area contributed by atoms with E-state index in [0.717, 1.165) is 6.42 Å². The van der Waals surface area contributed by atoms with Crippen LogP contribution in [0.4, 0.5) is 5.69 Å². The van der Waals surface area contributed by atoms with Gasteiger partial charge in [0.2, 0.25) is 0 Å². The highest BCUT2D eigenvalue weighted by atomic mass is 32.1. The van der Waals surface area contributed by atoms with Crippen molar-refractivity contribution in [2.75, 3.05) is 6.54 Å². The number of thiocarbonyl (C=S) groups is 1.